The number of amides is 1. The molecule has 0 atom stereocenters. The molecule has 0 fully saturated rings. The molecule has 5 nitrogen and oxygen atoms in total. The van der Waals surface area contributed by atoms with Gasteiger partial charge in [0, 0.05) is 29.1 Å². The number of nitrogens with one attached hydrogen (secondary N) is 1. The lowest BCUT2D eigenvalue weighted by atomic mass is 10.0. The van der Waals surface area contributed by atoms with Crippen molar-refractivity contribution < 1.29 is 4.79 Å². The van der Waals surface area contributed by atoms with Crippen molar-refractivity contribution in [2.24, 2.45) is 0 Å². The molecule has 0 bridgehead atoms. The van der Waals surface area contributed by atoms with Crippen molar-refractivity contribution in [2.45, 2.75) is 40.2 Å². The second-order valence-electron chi connectivity index (χ2n) is 7.45. The van der Waals surface area contributed by atoms with E-state index in [0.717, 1.165) is 51.5 Å². The normalized spacial score (nSPS) is 11.3. The van der Waals surface area contributed by atoms with Gasteiger partial charge in [-0.1, -0.05) is 49.7 Å². The number of pyridine rings is 1. The first-order valence-corrected chi connectivity index (χ1v) is 10.2. The van der Waals surface area contributed by atoms with E-state index < -0.39 is 0 Å². The SMILES string of the molecule is CCCNC(=O)Cn1nc(-c2ccc(CC)cc2)c2cnc3ccc(C)cc3c21. The number of aromatic nitrogens is 3. The second-order valence-corrected chi connectivity index (χ2v) is 7.45. The van der Waals surface area contributed by atoms with Gasteiger partial charge in [-0.2, -0.15) is 5.10 Å². The molecular formula is C24H26N4O. The molecule has 0 aliphatic carbocycles. The maximum absolute atomic E-state index is 12.5. The summed E-state index contributed by atoms with van der Waals surface area (Å²) in [4.78, 5) is 17.1. The summed E-state index contributed by atoms with van der Waals surface area (Å²) in [6, 6.07) is 14.7. The van der Waals surface area contributed by atoms with Crippen molar-refractivity contribution >= 4 is 27.7 Å². The van der Waals surface area contributed by atoms with Crippen LogP contribution in [0.25, 0.3) is 33.1 Å². The minimum absolute atomic E-state index is 0.0262. The van der Waals surface area contributed by atoms with Crippen molar-refractivity contribution in [3.8, 4) is 11.3 Å². The highest BCUT2D eigenvalue weighted by Crippen LogP contribution is 2.32. The van der Waals surface area contributed by atoms with Crippen LogP contribution in [-0.4, -0.2) is 27.2 Å². The van der Waals surface area contributed by atoms with E-state index in [1.54, 1.807) is 0 Å². The topological polar surface area (TPSA) is 59.8 Å². The van der Waals surface area contributed by atoms with Gasteiger partial charge in [0.15, 0.2) is 0 Å². The molecule has 5 heteroatoms. The molecule has 2 aromatic heterocycles. The Bertz CT molecular complexity index is 1180. The third-order valence-corrected chi connectivity index (χ3v) is 5.23. The quantitative estimate of drug-likeness (QED) is 0.525. The zero-order chi connectivity index (χ0) is 20.4. The smallest absolute Gasteiger partial charge is 0.241 e. The zero-order valence-electron chi connectivity index (χ0n) is 17.2. The molecule has 1 N–H and O–H groups in total. The molecule has 1 amide bonds. The van der Waals surface area contributed by atoms with Crippen LogP contribution in [0.3, 0.4) is 0 Å². The minimum atomic E-state index is -0.0262. The number of benzene rings is 2. The molecule has 0 radical (unpaired) electrons. The molecule has 0 spiro atoms. The van der Waals surface area contributed by atoms with Gasteiger partial charge in [-0.05, 0) is 37.5 Å². The number of rotatable bonds is 6. The van der Waals surface area contributed by atoms with Gasteiger partial charge in [-0.15, -0.1) is 0 Å². The predicted octanol–water partition coefficient (Wildman–Crippen LogP) is 4.65. The van der Waals surface area contributed by atoms with Gasteiger partial charge in [-0.25, -0.2) is 0 Å². The van der Waals surface area contributed by atoms with Gasteiger partial charge in [0.1, 0.15) is 12.2 Å². The molecule has 4 aromatic rings. The molecule has 0 saturated heterocycles. The Morgan fingerprint density at radius 1 is 1.07 bits per heavy atom. The lowest BCUT2D eigenvalue weighted by Crippen LogP contribution is -2.28. The number of nitrogens with zero attached hydrogens (tertiary/aromatic N) is 3. The number of fused-ring (bicyclic) bond motifs is 3. The largest absolute Gasteiger partial charge is 0.355 e. The monoisotopic (exact) mass is 386 g/mol. The van der Waals surface area contributed by atoms with E-state index >= 15 is 0 Å². The van der Waals surface area contributed by atoms with E-state index in [-0.39, 0.29) is 12.5 Å². The van der Waals surface area contributed by atoms with Crippen LogP contribution >= 0.6 is 0 Å². The first-order chi connectivity index (χ1) is 14.1. The number of hydrogen-bond acceptors (Lipinski definition) is 3. The average Bonchev–Trinajstić information content (AvgIpc) is 3.11. The summed E-state index contributed by atoms with van der Waals surface area (Å²) in [5.74, 6) is -0.0262. The zero-order valence-corrected chi connectivity index (χ0v) is 17.2. The lowest BCUT2D eigenvalue weighted by Gasteiger charge is -2.07. The maximum atomic E-state index is 12.5. The van der Waals surface area contributed by atoms with E-state index in [0.29, 0.717) is 6.54 Å². The average molecular weight is 386 g/mol. The van der Waals surface area contributed by atoms with Crippen LogP contribution in [0.5, 0.6) is 0 Å². The molecule has 2 heterocycles. The molecule has 29 heavy (non-hydrogen) atoms. The lowest BCUT2D eigenvalue weighted by molar-refractivity contribution is -0.121. The maximum Gasteiger partial charge on any atom is 0.241 e. The Balaban J connectivity index is 1.91. The first kappa shape index (κ1) is 19.1. The predicted molar refractivity (Wildman–Crippen MR) is 118 cm³/mol. The Morgan fingerprint density at radius 2 is 1.86 bits per heavy atom. The van der Waals surface area contributed by atoms with Crippen LogP contribution in [0.1, 0.15) is 31.4 Å². The van der Waals surface area contributed by atoms with Crippen molar-refractivity contribution in [3.63, 3.8) is 0 Å². The van der Waals surface area contributed by atoms with Gasteiger partial charge in [0.2, 0.25) is 5.91 Å². The van der Waals surface area contributed by atoms with Crippen molar-refractivity contribution in [3.05, 3.63) is 59.8 Å². The number of hydrogen-bond donors (Lipinski definition) is 1. The third-order valence-electron chi connectivity index (χ3n) is 5.23. The minimum Gasteiger partial charge on any atom is -0.355 e. The summed E-state index contributed by atoms with van der Waals surface area (Å²) in [5, 5.41) is 9.80. The van der Waals surface area contributed by atoms with Crippen LogP contribution in [0.4, 0.5) is 0 Å². The molecule has 0 unspecified atom stereocenters. The van der Waals surface area contributed by atoms with Crippen molar-refractivity contribution in [1.82, 2.24) is 20.1 Å². The van der Waals surface area contributed by atoms with Crippen LogP contribution in [-0.2, 0) is 17.8 Å². The number of aryl methyl sites for hydroxylation is 2. The van der Waals surface area contributed by atoms with Gasteiger partial charge >= 0.3 is 0 Å². The molecule has 0 saturated carbocycles. The second kappa shape index (κ2) is 8.03. The molecule has 4 rings (SSSR count). The van der Waals surface area contributed by atoms with Crippen molar-refractivity contribution in [1.29, 1.82) is 0 Å². The van der Waals surface area contributed by atoms with Gasteiger partial charge < -0.3 is 5.32 Å². The van der Waals surface area contributed by atoms with Crippen LogP contribution < -0.4 is 5.32 Å². The van der Waals surface area contributed by atoms with Crippen LogP contribution in [0, 0.1) is 6.92 Å². The fourth-order valence-electron chi connectivity index (χ4n) is 3.65. The van der Waals surface area contributed by atoms with E-state index in [2.05, 4.69) is 60.5 Å². The molecule has 0 aliphatic rings. The molecule has 0 aliphatic heterocycles. The standard InChI is InChI=1S/C24H26N4O/c1-4-12-25-22(29)15-28-24-19-13-16(3)6-11-21(19)26-14-20(24)23(27-28)18-9-7-17(5-2)8-10-18/h6-11,13-14H,4-5,12,15H2,1-3H3,(H,25,29). The van der Waals surface area contributed by atoms with Crippen LogP contribution in [0.2, 0.25) is 0 Å². The summed E-state index contributed by atoms with van der Waals surface area (Å²) in [6.07, 6.45) is 3.79. The molecule has 148 valence electrons. The van der Waals surface area contributed by atoms with Crippen molar-refractivity contribution in [2.75, 3.05) is 6.54 Å². The van der Waals surface area contributed by atoms with E-state index in [1.807, 2.05) is 23.9 Å². The fourth-order valence-corrected chi connectivity index (χ4v) is 3.65. The summed E-state index contributed by atoms with van der Waals surface area (Å²) < 4.78 is 1.83. The van der Waals surface area contributed by atoms with Crippen LogP contribution in [0.15, 0.2) is 48.7 Å². The number of carbonyl (C=O) groups excluding carboxylic acids is 1. The molecular weight excluding hydrogens is 360 g/mol. The van der Waals surface area contributed by atoms with E-state index in [4.69, 9.17) is 5.10 Å². The van der Waals surface area contributed by atoms with E-state index in [9.17, 15) is 4.79 Å². The Morgan fingerprint density at radius 3 is 2.59 bits per heavy atom. The Hall–Kier alpha value is -3.21. The summed E-state index contributed by atoms with van der Waals surface area (Å²) in [5.41, 5.74) is 6.21. The summed E-state index contributed by atoms with van der Waals surface area (Å²) in [6.45, 7) is 7.12. The van der Waals surface area contributed by atoms with Gasteiger partial charge in [0.25, 0.3) is 0 Å². The van der Waals surface area contributed by atoms with Gasteiger partial charge in [-0.3, -0.25) is 14.5 Å². The Labute approximate surface area is 170 Å². The fraction of sp³-hybridized carbons (Fsp3) is 0.292. The Kier molecular flexibility index (Phi) is 5.30. The highest BCUT2D eigenvalue weighted by molar-refractivity contribution is 6.08. The third kappa shape index (κ3) is 3.73. The highest BCUT2D eigenvalue weighted by atomic mass is 16.2. The summed E-state index contributed by atoms with van der Waals surface area (Å²) >= 11 is 0. The van der Waals surface area contributed by atoms with Gasteiger partial charge in [0.05, 0.1) is 11.0 Å². The first-order valence-electron chi connectivity index (χ1n) is 10.2. The number of carbonyl (C=O) groups is 1. The highest BCUT2D eigenvalue weighted by Gasteiger charge is 2.17. The van der Waals surface area contributed by atoms with E-state index in [1.165, 1.54) is 5.56 Å². The molecule has 2 aromatic carbocycles. The summed E-state index contributed by atoms with van der Waals surface area (Å²) in [7, 11) is 0.